The van der Waals surface area contributed by atoms with Crippen LogP contribution in [0.1, 0.15) is 6.92 Å². The van der Waals surface area contributed by atoms with Crippen molar-refractivity contribution in [2.75, 3.05) is 12.8 Å². The molecule has 2 atom stereocenters. The van der Waals surface area contributed by atoms with Crippen molar-refractivity contribution >= 4 is 34.0 Å². The molecule has 5 heteroatoms. The Labute approximate surface area is 102 Å². The summed E-state index contributed by atoms with van der Waals surface area (Å²) in [6.45, 7) is 1.98. The van der Waals surface area contributed by atoms with Crippen molar-refractivity contribution in [3.8, 4) is 0 Å². The lowest BCUT2D eigenvalue weighted by atomic mass is 10.4. The summed E-state index contributed by atoms with van der Waals surface area (Å²) in [6.07, 6.45) is 0. The van der Waals surface area contributed by atoms with Gasteiger partial charge in [0.25, 0.3) is 0 Å². The minimum absolute atomic E-state index is 0.209. The van der Waals surface area contributed by atoms with E-state index in [1.807, 2.05) is 14.0 Å². The first-order valence-corrected chi connectivity index (χ1v) is 6.62. The van der Waals surface area contributed by atoms with Crippen molar-refractivity contribution in [2.24, 2.45) is 0 Å². The molecule has 2 unspecified atom stereocenters. The third kappa shape index (κ3) is 3.76. The van der Waals surface area contributed by atoms with E-state index >= 15 is 0 Å². The van der Waals surface area contributed by atoms with Crippen molar-refractivity contribution in [1.82, 2.24) is 5.32 Å². The number of halogens is 2. The zero-order valence-corrected chi connectivity index (χ0v) is 10.9. The lowest BCUT2D eigenvalue weighted by molar-refractivity contribution is 0.646. The molecule has 0 fully saturated rings. The van der Waals surface area contributed by atoms with E-state index in [2.05, 4.69) is 5.32 Å². The molecule has 0 spiro atoms. The average molecular weight is 266 g/mol. The second-order valence-electron chi connectivity index (χ2n) is 3.28. The van der Waals surface area contributed by atoms with Crippen LogP contribution in [0.2, 0.25) is 10.0 Å². The van der Waals surface area contributed by atoms with Gasteiger partial charge in [0.2, 0.25) is 0 Å². The summed E-state index contributed by atoms with van der Waals surface area (Å²) in [5.74, 6) is 0.564. The minimum Gasteiger partial charge on any atom is -0.316 e. The molecule has 0 aromatic heterocycles. The SMILES string of the molecule is CNC(C)CS(=O)c1ccc(Cl)c(Cl)c1. The summed E-state index contributed by atoms with van der Waals surface area (Å²) in [5.41, 5.74) is 0. The van der Waals surface area contributed by atoms with Crippen molar-refractivity contribution in [3.63, 3.8) is 0 Å². The predicted octanol–water partition coefficient (Wildman–Crippen LogP) is 2.71. The Morgan fingerprint density at radius 1 is 1.40 bits per heavy atom. The van der Waals surface area contributed by atoms with Gasteiger partial charge < -0.3 is 5.32 Å². The molecule has 84 valence electrons. The van der Waals surface area contributed by atoms with Gasteiger partial charge in [-0.05, 0) is 32.2 Å². The van der Waals surface area contributed by atoms with Crippen LogP contribution >= 0.6 is 23.2 Å². The van der Waals surface area contributed by atoms with E-state index in [9.17, 15) is 4.21 Å². The summed E-state index contributed by atoms with van der Waals surface area (Å²) in [7, 11) is 0.806. The Bertz CT molecular complexity index is 370. The molecule has 1 aromatic rings. The monoisotopic (exact) mass is 265 g/mol. The van der Waals surface area contributed by atoms with Gasteiger partial charge in [0.1, 0.15) is 0 Å². The van der Waals surface area contributed by atoms with E-state index in [-0.39, 0.29) is 6.04 Å². The summed E-state index contributed by atoms with van der Waals surface area (Å²) in [5, 5.41) is 3.97. The second kappa shape index (κ2) is 5.85. The third-order valence-corrected chi connectivity index (χ3v) is 4.37. The molecular weight excluding hydrogens is 253 g/mol. The van der Waals surface area contributed by atoms with Crippen LogP contribution in [0.25, 0.3) is 0 Å². The van der Waals surface area contributed by atoms with Crippen LogP contribution in [-0.4, -0.2) is 23.1 Å². The largest absolute Gasteiger partial charge is 0.316 e. The van der Waals surface area contributed by atoms with Gasteiger partial charge in [-0.25, -0.2) is 0 Å². The molecule has 1 N–H and O–H groups in total. The zero-order chi connectivity index (χ0) is 11.4. The summed E-state index contributed by atoms with van der Waals surface area (Å²) >= 11 is 11.6. The van der Waals surface area contributed by atoms with Crippen LogP contribution in [0, 0.1) is 0 Å². The van der Waals surface area contributed by atoms with Crippen LogP contribution < -0.4 is 5.32 Å². The molecule has 1 rings (SSSR count). The molecule has 0 saturated heterocycles. The molecular formula is C10H13Cl2NOS. The number of hydrogen-bond acceptors (Lipinski definition) is 2. The highest BCUT2D eigenvalue weighted by Gasteiger charge is 2.09. The van der Waals surface area contributed by atoms with Gasteiger partial charge in [0.15, 0.2) is 0 Å². The van der Waals surface area contributed by atoms with Crippen molar-refractivity contribution < 1.29 is 4.21 Å². The molecule has 15 heavy (non-hydrogen) atoms. The van der Waals surface area contributed by atoms with Crippen molar-refractivity contribution in [3.05, 3.63) is 28.2 Å². The third-order valence-electron chi connectivity index (χ3n) is 2.05. The Balaban J connectivity index is 2.78. The van der Waals surface area contributed by atoms with E-state index in [0.717, 1.165) is 0 Å². The molecule has 0 aliphatic carbocycles. The summed E-state index contributed by atoms with van der Waals surface area (Å²) in [4.78, 5) is 0.714. The Kier molecular flexibility index (Phi) is 5.06. The molecule has 0 amide bonds. The van der Waals surface area contributed by atoms with Crippen LogP contribution in [0.4, 0.5) is 0 Å². The highest BCUT2D eigenvalue weighted by molar-refractivity contribution is 7.85. The van der Waals surface area contributed by atoms with E-state index in [1.54, 1.807) is 18.2 Å². The molecule has 0 saturated carbocycles. The zero-order valence-electron chi connectivity index (χ0n) is 8.59. The van der Waals surface area contributed by atoms with Gasteiger partial charge >= 0.3 is 0 Å². The maximum atomic E-state index is 11.8. The van der Waals surface area contributed by atoms with Gasteiger partial charge in [-0.1, -0.05) is 23.2 Å². The first kappa shape index (κ1) is 13.0. The fraction of sp³-hybridized carbons (Fsp3) is 0.400. The van der Waals surface area contributed by atoms with Gasteiger partial charge in [0.05, 0.1) is 20.8 Å². The maximum Gasteiger partial charge on any atom is 0.0604 e. The maximum absolute atomic E-state index is 11.8. The molecule has 0 heterocycles. The number of benzene rings is 1. The minimum atomic E-state index is -1.04. The molecule has 0 aliphatic heterocycles. The average Bonchev–Trinajstić information content (AvgIpc) is 2.21. The standard InChI is InChI=1S/C10H13Cl2NOS/c1-7(13-2)6-15(14)8-3-4-9(11)10(12)5-8/h3-5,7,13H,6H2,1-2H3. The molecule has 0 radical (unpaired) electrons. The van der Waals surface area contributed by atoms with Crippen LogP contribution in [0.3, 0.4) is 0 Å². The fourth-order valence-corrected chi connectivity index (χ4v) is 2.67. The Hall–Kier alpha value is -0.0900. The van der Waals surface area contributed by atoms with Crippen LogP contribution in [-0.2, 0) is 10.8 Å². The molecule has 2 nitrogen and oxygen atoms in total. The van der Waals surface area contributed by atoms with Crippen LogP contribution in [0.15, 0.2) is 23.1 Å². The van der Waals surface area contributed by atoms with Gasteiger partial charge in [-0.3, -0.25) is 4.21 Å². The Morgan fingerprint density at radius 3 is 2.60 bits per heavy atom. The second-order valence-corrected chi connectivity index (χ2v) is 5.59. The molecule has 0 bridgehead atoms. The number of rotatable bonds is 4. The topological polar surface area (TPSA) is 29.1 Å². The normalized spacial score (nSPS) is 14.9. The highest BCUT2D eigenvalue weighted by atomic mass is 35.5. The van der Waals surface area contributed by atoms with E-state index < -0.39 is 10.8 Å². The number of nitrogens with one attached hydrogen (secondary N) is 1. The van der Waals surface area contributed by atoms with Crippen molar-refractivity contribution in [1.29, 1.82) is 0 Å². The van der Waals surface area contributed by atoms with E-state index in [1.165, 1.54) is 0 Å². The van der Waals surface area contributed by atoms with E-state index in [4.69, 9.17) is 23.2 Å². The highest BCUT2D eigenvalue weighted by Crippen LogP contribution is 2.24. The van der Waals surface area contributed by atoms with Gasteiger partial charge in [0, 0.05) is 16.7 Å². The lowest BCUT2D eigenvalue weighted by Gasteiger charge is -2.09. The first-order valence-electron chi connectivity index (χ1n) is 4.55. The summed E-state index contributed by atoms with van der Waals surface area (Å²) < 4.78 is 11.8. The predicted molar refractivity (Wildman–Crippen MR) is 66.3 cm³/mol. The summed E-state index contributed by atoms with van der Waals surface area (Å²) in [6, 6.07) is 5.27. The van der Waals surface area contributed by atoms with Gasteiger partial charge in [-0.2, -0.15) is 0 Å². The lowest BCUT2D eigenvalue weighted by Crippen LogP contribution is -2.27. The van der Waals surface area contributed by atoms with Crippen LogP contribution in [0.5, 0.6) is 0 Å². The smallest absolute Gasteiger partial charge is 0.0604 e. The fourth-order valence-electron chi connectivity index (χ4n) is 1.03. The first-order chi connectivity index (χ1) is 7.04. The quantitative estimate of drug-likeness (QED) is 0.907. The van der Waals surface area contributed by atoms with E-state index in [0.29, 0.717) is 20.7 Å². The molecule has 1 aromatic carbocycles. The van der Waals surface area contributed by atoms with Crippen molar-refractivity contribution in [2.45, 2.75) is 17.9 Å². The molecule has 0 aliphatic rings. The Morgan fingerprint density at radius 2 is 2.07 bits per heavy atom. The number of hydrogen-bond donors (Lipinski definition) is 1. The van der Waals surface area contributed by atoms with Gasteiger partial charge in [-0.15, -0.1) is 0 Å².